The van der Waals surface area contributed by atoms with Crippen LogP contribution in [-0.2, 0) is 0 Å². The number of hydrogen-bond acceptors (Lipinski definition) is 5. The third-order valence-electron chi connectivity index (χ3n) is 4.06. The van der Waals surface area contributed by atoms with Crippen LogP contribution in [-0.4, -0.2) is 39.3 Å². The number of aromatic amines is 1. The molecule has 0 aliphatic rings. The fourth-order valence-corrected chi connectivity index (χ4v) is 2.81. The van der Waals surface area contributed by atoms with Crippen LogP contribution in [0.4, 0.5) is 5.69 Å². The molecular weight excluding hydrogens is 336 g/mol. The fourth-order valence-electron chi connectivity index (χ4n) is 2.81. The highest BCUT2D eigenvalue weighted by Crippen LogP contribution is 2.44. The van der Waals surface area contributed by atoms with Crippen LogP contribution in [0.5, 0.6) is 23.0 Å². The molecule has 2 N–H and O–H groups in total. The predicted molar refractivity (Wildman–Crippen MR) is 98.9 cm³/mol. The van der Waals surface area contributed by atoms with E-state index in [1.165, 1.54) is 14.2 Å². The molecule has 3 rings (SSSR count). The van der Waals surface area contributed by atoms with Crippen molar-refractivity contribution < 1.29 is 23.7 Å². The number of carbonyl (C=O) groups excluding carboxylic acids is 1. The lowest BCUT2D eigenvalue weighted by molar-refractivity contribution is 0.102. The summed E-state index contributed by atoms with van der Waals surface area (Å²) < 4.78 is 21.4. The van der Waals surface area contributed by atoms with Crippen molar-refractivity contribution in [3.63, 3.8) is 0 Å². The maximum atomic E-state index is 12.8. The lowest BCUT2D eigenvalue weighted by Crippen LogP contribution is -2.11. The number of anilines is 1. The highest BCUT2D eigenvalue weighted by Gasteiger charge is 2.22. The smallest absolute Gasteiger partial charge is 0.257 e. The van der Waals surface area contributed by atoms with Gasteiger partial charge in [-0.1, -0.05) is 0 Å². The van der Waals surface area contributed by atoms with Crippen LogP contribution in [0.2, 0.25) is 0 Å². The first-order valence-corrected chi connectivity index (χ1v) is 7.88. The Bertz CT molecular complexity index is 931. The minimum atomic E-state index is -0.271. The molecule has 7 heteroatoms. The van der Waals surface area contributed by atoms with Crippen LogP contribution < -0.4 is 24.3 Å². The Hall–Kier alpha value is -3.35. The van der Waals surface area contributed by atoms with E-state index >= 15 is 0 Å². The Morgan fingerprint density at radius 2 is 1.62 bits per heavy atom. The first-order valence-electron chi connectivity index (χ1n) is 7.88. The standard InChI is InChI=1S/C19H20N2O5/c1-23-12-7-5-11(6-8-12)21-19(22)13-10-20-14-9-15(24-2)17(25-3)18(26-4)16(13)14/h5-10,20H,1-4H3,(H,21,22). The number of H-pyrrole nitrogens is 1. The fraction of sp³-hybridized carbons (Fsp3) is 0.211. The van der Waals surface area contributed by atoms with Crippen molar-refractivity contribution in [2.45, 2.75) is 0 Å². The second-order valence-corrected chi connectivity index (χ2v) is 5.45. The van der Waals surface area contributed by atoms with Crippen molar-refractivity contribution in [2.24, 2.45) is 0 Å². The molecule has 26 heavy (non-hydrogen) atoms. The Kier molecular flexibility index (Phi) is 4.88. The van der Waals surface area contributed by atoms with E-state index in [-0.39, 0.29) is 5.91 Å². The number of aromatic nitrogens is 1. The Morgan fingerprint density at radius 3 is 2.19 bits per heavy atom. The third-order valence-corrected chi connectivity index (χ3v) is 4.06. The third kappa shape index (κ3) is 2.99. The molecule has 0 radical (unpaired) electrons. The van der Waals surface area contributed by atoms with Gasteiger partial charge < -0.3 is 29.2 Å². The summed E-state index contributed by atoms with van der Waals surface area (Å²) in [6, 6.07) is 8.86. The molecule has 0 spiro atoms. The van der Waals surface area contributed by atoms with E-state index < -0.39 is 0 Å². The highest BCUT2D eigenvalue weighted by atomic mass is 16.5. The van der Waals surface area contributed by atoms with E-state index in [2.05, 4.69) is 10.3 Å². The summed E-state index contributed by atoms with van der Waals surface area (Å²) in [5.74, 6) is 1.82. The van der Waals surface area contributed by atoms with E-state index in [0.29, 0.717) is 45.2 Å². The highest BCUT2D eigenvalue weighted by molar-refractivity contribution is 6.15. The number of ether oxygens (including phenoxy) is 4. The van der Waals surface area contributed by atoms with Gasteiger partial charge in [0.05, 0.1) is 44.9 Å². The van der Waals surface area contributed by atoms with Gasteiger partial charge >= 0.3 is 0 Å². The largest absolute Gasteiger partial charge is 0.497 e. The van der Waals surface area contributed by atoms with Crippen LogP contribution in [0.15, 0.2) is 36.5 Å². The number of benzene rings is 2. The van der Waals surface area contributed by atoms with Gasteiger partial charge in [0.25, 0.3) is 5.91 Å². The second kappa shape index (κ2) is 7.26. The van der Waals surface area contributed by atoms with Gasteiger partial charge in [-0.05, 0) is 24.3 Å². The monoisotopic (exact) mass is 356 g/mol. The molecular formula is C19H20N2O5. The number of carbonyl (C=O) groups is 1. The van der Waals surface area contributed by atoms with E-state index in [1.807, 2.05) is 0 Å². The van der Waals surface area contributed by atoms with Crippen LogP contribution in [0, 0.1) is 0 Å². The molecule has 136 valence electrons. The average Bonchev–Trinajstić information content (AvgIpc) is 3.10. The van der Waals surface area contributed by atoms with Gasteiger partial charge in [0.1, 0.15) is 5.75 Å². The maximum Gasteiger partial charge on any atom is 0.257 e. The molecule has 0 atom stereocenters. The topological polar surface area (TPSA) is 81.8 Å². The molecule has 0 saturated heterocycles. The van der Waals surface area contributed by atoms with Crippen molar-refractivity contribution in [3.05, 3.63) is 42.1 Å². The molecule has 1 aromatic heterocycles. The number of hydrogen-bond donors (Lipinski definition) is 2. The summed E-state index contributed by atoms with van der Waals surface area (Å²) in [4.78, 5) is 15.9. The van der Waals surface area contributed by atoms with Gasteiger partial charge in [0, 0.05) is 18.0 Å². The summed E-state index contributed by atoms with van der Waals surface area (Å²) in [5.41, 5.74) is 1.80. The van der Waals surface area contributed by atoms with E-state index in [0.717, 1.165) is 0 Å². The zero-order valence-electron chi connectivity index (χ0n) is 15.0. The van der Waals surface area contributed by atoms with Crippen LogP contribution >= 0.6 is 0 Å². The number of fused-ring (bicyclic) bond motifs is 1. The molecule has 3 aromatic rings. The minimum Gasteiger partial charge on any atom is -0.497 e. The first-order chi connectivity index (χ1) is 12.6. The molecule has 0 bridgehead atoms. The van der Waals surface area contributed by atoms with Crippen molar-refractivity contribution in [3.8, 4) is 23.0 Å². The first kappa shape index (κ1) is 17.5. The zero-order valence-corrected chi connectivity index (χ0v) is 15.0. The summed E-state index contributed by atoms with van der Waals surface area (Å²) in [6.07, 6.45) is 1.63. The SMILES string of the molecule is COc1ccc(NC(=O)c2c[nH]c3cc(OC)c(OC)c(OC)c23)cc1. The molecule has 7 nitrogen and oxygen atoms in total. The molecule has 0 aliphatic heterocycles. The van der Waals surface area contributed by atoms with Crippen molar-refractivity contribution in [2.75, 3.05) is 33.8 Å². The number of nitrogens with one attached hydrogen (secondary N) is 2. The summed E-state index contributed by atoms with van der Waals surface area (Å²) in [5, 5.41) is 3.48. The zero-order chi connectivity index (χ0) is 18.7. The number of methoxy groups -OCH3 is 4. The summed E-state index contributed by atoms with van der Waals surface area (Å²) in [6.45, 7) is 0. The van der Waals surface area contributed by atoms with Crippen molar-refractivity contribution >= 4 is 22.5 Å². The molecule has 0 aliphatic carbocycles. The Labute approximate surface area is 150 Å². The lowest BCUT2D eigenvalue weighted by Gasteiger charge is -2.14. The molecule has 0 saturated carbocycles. The summed E-state index contributed by atoms with van der Waals surface area (Å²) in [7, 11) is 6.18. The average molecular weight is 356 g/mol. The van der Waals surface area contributed by atoms with E-state index in [4.69, 9.17) is 18.9 Å². The maximum absolute atomic E-state index is 12.8. The van der Waals surface area contributed by atoms with Gasteiger partial charge in [-0.15, -0.1) is 0 Å². The normalized spacial score (nSPS) is 10.5. The Morgan fingerprint density at radius 1 is 0.923 bits per heavy atom. The van der Waals surface area contributed by atoms with Crippen LogP contribution in [0.3, 0.4) is 0 Å². The van der Waals surface area contributed by atoms with Gasteiger partial charge in [-0.25, -0.2) is 0 Å². The summed E-state index contributed by atoms with van der Waals surface area (Å²) >= 11 is 0. The lowest BCUT2D eigenvalue weighted by atomic mass is 10.1. The molecule has 0 fully saturated rings. The molecule has 0 unspecified atom stereocenters. The van der Waals surface area contributed by atoms with E-state index in [1.54, 1.807) is 50.7 Å². The molecule has 1 amide bonds. The van der Waals surface area contributed by atoms with Crippen LogP contribution in [0.25, 0.3) is 10.9 Å². The van der Waals surface area contributed by atoms with Gasteiger partial charge in [-0.2, -0.15) is 0 Å². The van der Waals surface area contributed by atoms with Crippen molar-refractivity contribution in [1.82, 2.24) is 4.98 Å². The number of rotatable bonds is 6. The van der Waals surface area contributed by atoms with Gasteiger partial charge in [0.15, 0.2) is 11.5 Å². The van der Waals surface area contributed by atoms with Gasteiger partial charge in [0.2, 0.25) is 5.75 Å². The molecule has 2 aromatic carbocycles. The second-order valence-electron chi connectivity index (χ2n) is 5.45. The quantitative estimate of drug-likeness (QED) is 0.707. The van der Waals surface area contributed by atoms with Crippen LogP contribution in [0.1, 0.15) is 10.4 Å². The van der Waals surface area contributed by atoms with Gasteiger partial charge in [-0.3, -0.25) is 4.79 Å². The Balaban J connectivity index is 2.02. The van der Waals surface area contributed by atoms with E-state index in [9.17, 15) is 4.79 Å². The number of amides is 1. The van der Waals surface area contributed by atoms with Crippen molar-refractivity contribution in [1.29, 1.82) is 0 Å². The minimum absolute atomic E-state index is 0.271. The predicted octanol–water partition coefficient (Wildman–Crippen LogP) is 3.45. The molecule has 1 heterocycles.